The van der Waals surface area contributed by atoms with Crippen molar-refractivity contribution in [3.05, 3.63) is 69.7 Å². The van der Waals surface area contributed by atoms with Crippen LogP contribution in [0, 0.1) is 0 Å². The molecule has 1 aliphatic heterocycles. The van der Waals surface area contributed by atoms with Crippen molar-refractivity contribution in [1.29, 1.82) is 0 Å². The minimum Gasteiger partial charge on any atom is -0.332 e. The van der Waals surface area contributed by atoms with E-state index < -0.39 is 10.8 Å². The van der Waals surface area contributed by atoms with Crippen LogP contribution in [-0.4, -0.2) is 27.8 Å². The number of hydrogen-bond acceptors (Lipinski definition) is 2. The summed E-state index contributed by atoms with van der Waals surface area (Å²) in [4.78, 5) is 15.0. The SMILES string of the molecule is C[S@@](=O)Cc1cccc(C(=O)N2CCC[C@@H]2c2cccc(Br)c2)c1. The zero-order valence-corrected chi connectivity index (χ0v) is 16.0. The first-order valence-electron chi connectivity index (χ1n) is 8.00. The topological polar surface area (TPSA) is 37.4 Å². The van der Waals surface area contributed by atoms with Gasteiger partial charge in [0, 0.05) is 39.4 Å². The van der Waals surface area contributed by atoms with Crippen molar-refractivity contribution in [1.82, 2.24) is 4.90 Å². The molecule has 1 heterocycles. The maximum atomic E-state index is 13.0. The molecule has 0 aromatic heterocycles. The molecule has 0 spiro atoms. The highest BCUT2D eigenvalue weighted by Gasteiger charge is 2.30. The molecule has 2 aromatic carbocycles. The highest BCUT2D eigenvalue weighted by atomic mass is 79.9. The van der Waals surface area contributed by atoms with E-state index >= 15 is 0 Å². The van der Waals surface area contributed by atoms with E-state index in [9.17, 15) is 9.00 Å². The van der Waals surface area contributed by atoms with Gasteiger partial charge in [-0.05, 0) is 48.2 Å². The summed E-state index contributed by atoms with van der Waals surface area (Å²) in [7, 11) is -0.909. The van der Waals surface area contributed by atoms with E-state index in [4.69, 9.17) is 0 Å². The summed E-state index contributed by atoms with van der Waals surface area (Å²) in [5, 5.41) is 0. The second-order valence-electron chi connectivity index (χ2n) is 6.13. The van der Waals surface area contributed by atoms with Crippen molar-refractivity contribution in [3.8, 4) is 0 Å². The van der Waals surface area contributed by atoms with Gasteiger partial charge >= 0.3 is 0 Å². The lowest BCUT2D eigenvalue weighted by Crippen LogP contribution is -2.30. The van der Waals surface area contributed by atoms with Gasteiger partial charge in [0.25, 0.3) is 5.91 Å². The molecule has 1 fully saturated rings. The lowest BCUT2D eigenvalue weighted by molar-refractivity contribution is 0.0735. The van der Waals surface area contributed by atoms with Crippen molar-refractivity contribution >= 4 is 32.6 Å². The fraction of sp³-hybridized carbons (Fsp3) is 0.316. The minimum atomic E-state index is -0.909. The van der Waals surface area contributed by atoms with Crippen LogP contribution in [0.3, 0.4) is 0 Å². The number of hydrogen-bond donors (Lipinski definition) is 0. The highest BCUT2D eigenvalue weighted by Crippen LogP contribution is 2.34. The number of nitrogens with zero attached hydrogens (tertiary/aromatic N) is 1. The lowest BCUT2D eigenvalue weighted by atomic mass is 10.0. The molecule has 2 atom stereocenters. The zero-order valence-electron chi connectivity index (χ0n) is 13.6. The summed E-state index contributed by atoms with van der Waals surface area (Å²) >= 11 is 3.51. The fourth-order valence-corrected chi connectivity index (χ4v) is 4.33. The molecule has 0 unspecified atom stereocenters. The maximum Gasteiger partial charge on any atom is 0.254 e. The molecule has 0 saturated carbocycles. The zero-order chi connectivity index (χ0) is 17.1. The molecule has 0 bridgehead atoms. The molecule has 1 saturated heterocycles. The van der Waals surface area contributed by atoms with Gasteiger partial charge in [-0.15, -0.1) is 0 Å². The molecule has 2 aromatic rings. The second kappa shape index (κ2) is 7.62. The second-order valence-corrected chi connectivity index (χ2v) is 8.48. The number of carbonyl (C=O) groups excluding carboxylic acids is 1. The van der Waals surface area contributed by atoms with E-state index in [-0.39, 0.29) is 11.9 Å². The average molecular weight is 406 g/mol. The van der Waals surface area contributed by atoms with E-state index in [1.165, 1.54) is 5.56 Å². The Kier molecular flexibility index (Phi) is 5.51. The monoisotopic (exact) mass is 405 g/mol. The molecule has 1 amide bonds. The first kappa shape index (κ1) is 17.4. The smallest absolute Gasteiger partial charge is 0.254 e. The minimum absolute atomic E-state index is 0.0567. The van der Waals surface area contributed by atoms with E-state index in [0.29, 0.717) is 11.3 Å². The predicted molar refractivity (Wildman–Crippen MR) is 101 cm³/mol. The Morgan fingerprint density at radius 3 is 2.79 bits per heavy atom. The predicted octanol–water partition coefficient (Wildman–Crippen LogP) is 4.30. The first-order chi connectivity index (χ1) is 11.5. The number of halogens is 1. The summed E-state index contributed by atoms with van der Waals surface area (Å²) < 4.78 is 12.5. The van der Waals surface area contributed by atoms with Crippen LogP contribution in [0.5, 0.6) is 0 Å². The van der Waals surface area contributed by atoms with Crippen molar-refractivity contribution in [3.63, 3.8) is 0 Å². The lowest BCUT2D eigenvalue weighted by Gasteiger charge is -2.25. The molecule has 0 aliphatic carbocycles. The quantitative estimate of drug-likeness (QED) is 0.759. The molecule has 126 valence electrons. The van der Waals surface area contributed by atoms with Gasteiger partial charge < -0.3 is 4.90 Å². The van der Waals surface area contributed by atoms with E-state index in [2.05, 4.69) is 28.1 Å². The molecule has 0 N–H and O–H groups in total. The molecular formula is C19H20BrNO2S. The Labute approximate surface area is 153 Å². The molecular weight excluding hydrogens is 386 g/mol. The third-order valence-corrected chi connectivity index (χ3v) is 5.52. The van der Waals surface area contributed by atoms with Gasteiger partial charge in [0.15, 0.2) is 0 Å². The summed E-state index contributed by atoms with van der Waals surface area (Å²) in [6.45, 7) is 0.778. The third-order valence-electron chi connectivity index (χ3n) is 4.29. The Morgan fingerprint density at radius 1 is 1.25 bits per heavy atom. The Morgan fingerprint density at radius 2 is 2.04 bits per heavy atom. The van der Waals surface area contributed by atoms with Crippen molar-refractivity contribution in [2.75, 3.05) is 12.8 Å². The number of benzene rings is 2. The van der Waals surface area contributed by atoms with Crippen LogP contribution in [-0.2, 0) is 16.6 Å². The van der Waals surface area contributed by atoms with Crippen LogP contribution in [0.25, 0.3) is 0 Å². The normalized spacial score (nSPS) is 18.6. The van der Waals surface area contributed by atoms with Gasteiger partial charge in [-0.1, -0.05) is 40.2 Å². The summed E-state index contributed by atoms with van der Waals surface area (Å²) in [5.41, 5.74) is 2.79. The average Bonchev–Trinajstić information content (AvgIpc) is 3.03. The van der Waals surface area contributed by atoms with Crippen LogP contribution < -0.4 is 0 Å². The highest BCUT2D eigenvalue weighted by molar-refractivity contribution is 9.10. The standard InChI is InChI=1S/C19H20BrNO2S/c1-24(23)13-14-5-2-7-16(11-14)19(22)21-10-4-9-18(21)15-6-3-8-17(20)12-15/h2-3,5-8,11-12,18H,4,9-10,13H2,1H3/t18-,24-/m1/s1. The number of carbonyl (C=O) groups is 1. The van der Waals surface area contributed by atoms with E-state index in [1.54, 1.807) is 6.26 Å². The van der Waals surface area contributed by atoms with Gasteiger partial charge in [0.2, 0.25) is 0 Å². The Balaban J connectivity index is 1.85. The maximum absolute atomic E-state index is 13.0. The van der Waals surface area contributed by atoms with Gasteiger partial charge in [-0.2, -0.15) is 0 Å². The van der Waals surface area contributed by atoms with Gasteiger partial charge in [0.05, 0.1) is 6.04 Å². The van der Waals surface area contributed by atoms with Crippen LogP contribution >= 0.6 is 15.9 Å². The molecule has 24 heavy (non-hydrogen) atoms. The molecule has 5 heteroatoms. The largest absolute Gasteiger partial charge is 0.332 e. The van der Waals surface area contributed by atoms with Crippen molar-refractivity contribution in [2.24, 2.45) is 0 Å². The number of likely N-dealkylation sites (tertiary alicyclic amines) is 1. The Bertz CT molecular complexity index is 777. The molecule has 0 radical (unpaired) electrons. The molecule has 1 aliphatic rings. The summed E-state index contributed by atoms with van der Waals surface area (Å²) in [5.74, 6) is 0.539. The number of amides is 1. The summed E-state index contributed by atoms with van der Waals surface area (Å²) in [6, 6.07) is 15.8. The number of rotatable bonds is 4. The van der Waals surface area contributed by atoms with Crippen LogP contribution in [0.4, 0.5) is 0 Å². The van der Waals surface area contributed by atoms with Crippen molar-refractivity contribution < 1.29 is 9.00 Å². The van der Waals surface area contributed by atoms with Crippen molar-refractivity contribution in [2.45, 2.75) is 24.6 Å². The van der Waals surface area contributed by atoms with Crippen LogP contribution in [0.2, 0.25) is 0 Å². The van der Waals surface area contributed by atoms with Crippen LogP contribution in [0.15, 0.2) is 53.0 Å². The van der Waals surface area contributed by atoms with E-state index in [1.807, 2.05) is 41.3 Å². The van der Waals surface area contributed by atoms with Gasteiger partial charge in [-0.3, -0.25) is 9.00 Å². The fourth-order valence-electron chi connectivity index (χ4n) is 3.26. The van der Waals surface area contributed by atoms with Gasteiger partial charge in [-0.25, -0.2) is 0 Å². The molecule has 3 rings (SSSR count). The van der Waals surface area contributed by atoms with Crippen LogP contribution in [0.1, 0.15) is 40.4 Å². The Hall–Kier alpha value is -1.46. The van der Waals surface area contributed by atoms with Gasteiger partial charge in [0.1, 0.15) is 0 Å². The molecule has 3 nitrogen and oxygen atoms in total. The van der Waals surface area contributed by atoms with E-state index in [0.717, 1.165) is 29.4 Å². The third kappa shape index (κ3) is 3.95. The summed E-state index contributed by atoms with van der Waals surface area (Å²) in [6.07, 6.45) is 3.68. The first-order valence-corrected chi connectivity index (χ1v) is 10.5.